The predicted octanol–water partition coefficient (Wildman–Crippen LogP) is 2.53. The number of anilines is 1. The van der Waals surface area contributed by atoms with Crippen molar-refractivity contribution in [3.63, 3.8) is 0 Å². The molecule has 26 heavy (non-hydrogen) atoms. The van der Waals surface area contributed by atoms with Crippen LogP contribution < -0.4 is 5.73 Å². The third-order valence-corrected chi connectivity index (χ3v) is 6.35. The molecular weight excluding hydrogens is 420 g/mol. The molecule has 0 unspecified atom stereocenters. The minimum Gasteiger partial charge on any atom is -0.382 e. The zero-order valence-corrected chi connectivity index (χ0v) is 17.2. The number of piperidine rings is 1. The van der Waals surface area contributed by atoms with Gasteiger partial charge in [0.25, 0.3) is 0 Å². The fraction of sp³-hybridized carbons (Fsp3) is 0.588. The van der Waals surface area contributed by atoms with Crippen LogP contribution >= 0.6 is 27.5 Å². The topological polar surface area (TPSA) is 79.8 Å². The summed E-state index contributed by atoms with van der Waals surface area (Å²) in [4.78, 5) is 25.8. The summed E-state index contributed by atoms with van der Waals surface area (Å²) in [6.45, 7) is 6.39. The number of fused-ring (bicyclic) bond motifs is 2. The Hall–Kier alpha value is -1.38. The van der Waals surface area contributed by atoms with E-state index >= 15 is 0 Å². The van der Waals surface area contributed by atoms with Gasteiger partial charge < -0.3 is 10.6 Å². The number of carbonyl (C=O) groups excluding carboxylic acids is 1. The lowest BCUT2D eigenvalue weighted by atomic mass is 9.90. The predicted molar refractivity (Wildman–Crippen MR) is 104 cm³/mol. The Morgan fingerprint density at radius 3 is 2.85 bits per heavy atom. The number of nitrogen functional groups attached to an aromatic ring is 1. The summed E-state index contributed by atoms with van der Waals surface area (Å²) in [5.74, 6) is 1.55. The molecule has 0 aromatic carbocycles. The van der Waals surface area contributed by atoms with Crippen molar-refractivity contribution in [2.45, 2.75) is 44.7 Å². The van der Waals surface area contributed by atoms with Crippen molar-refractivity contribution in [2.75, 3.05) is 25.4 Å². The van der Waals surface area contributed by atoms with Gasteiger partial charge in [0, 0.05) is 31.1 Å². The molecule has 2 aromatic heterocycles. The molecule has 9 heteroatoms. The molecule has 140 valence electrons. The van der Waals surface area contributed by atoms with E-state index in [9.17, 15) is 4.79 Å². The first-order valence-electron chi connectivity index (χ1n) is 8.88. The van der Waals surface area contributed by atoms with Crippen LogP contribution in [-0.2, 0) is 4.79 Å². The maximum atomic E-state index is 12.7. The highest BCUT2D eigenvalue weighted by Crippen LogP contribution is 2.36. The second-order valence-corrected chi connectivity index (χ2v) is 8.55. The van der Waals surface area contributed by atoms with Gasteiger partial charge in [-0.05, 0) is 42.6 Å². The molecule has 4 rings (SSSR count). The zero-order chi connectivity index (χ0) is 18.6. The Morgan fingerprint density at radius 2 is 2.12 bits per heavy atom. The average molecular weight is 442 g/mol. The minimum atomic E-state index is 0.124. The molecular formula is C17H22BrClN6O. The Labute approximate surface area is 165 Å². The van der Waals surface area contributed by atoms with Gasteiger partial charge in [-0.15, -0.1) is 0 Å². The highest BCUT2D eigenvalue weighted by Gasteiger charge is 2.39. The Bertz CT molecular complexity index is 869. The Morgan fingerprint density at radius 1 is 1.35 bits per heavy atom. The molecule has 2 aliphatic rings. The van der Waals surface area contributed by atoms with Crippen LogP contribution in [0.2, 0.25) is 5.15 Å². The first kappa shape index (κ1) is 18.0. The lowest BCUT2D eigenvalue weighted by Crippen LogP contribution is -2.60. The summed E-state index contributed by atoms with van der Waals surface area (Å²) in [6, 6.07) is 0.673. The molecule has 0 radical (unpaired) electrons. The van der Waals surface area contributed by atoms with Crippen molar-refractivity contribution in [2.24, 2.45) is 0 Å². The van der Waals surface area contributed by atoms with E-state index in [0.29, 0.717) is 40.2 Å². The second kappa shape index (κ2) is 6.65. The largest absolute Gasteiger partial charge is 0.382 e. The fourth-order valence-electron chi connectivity index (χ4n) is 4.09. The summed E-state index contributed by atoms with van der Waals surface area (Å²) < 4.78 is 2.49. The second-order valence-electron chi connectivity index (χ2n) is 7.41. The SMILES string of the molecule is CC(C)N1CC(=O)N2C[C@H](c3nc(Br)c4c(N)ncc(Cl)n34)CC[C@H]2C1. The van der Waals surface area contributed by atoms with Crippen molar-refractivity contribution >= 4 is 44.8 Å². The van der Waals surface area contributed by atoms with Crippen LogP contribution in [0.1, 0.15) is 38.4 Å². The molecule has 0 spiro atoms. The maximum Gasteiger partial charge on any atom is 0.237 e. The van der Waals surface area contributed by atoms with Gasteiger partial charge in [-0.3, -0.25) is 14.1 Å². The number of halogens is 2. The van der Waals surface area contributed by atoms with Crippen LogP contribution in [0.4, 0.5) is 5.82 Å². The average Bonchev–Trinajstić information content (AvgIpc) is 2.96. The molecule has 2 N–H and O–H groups in total. The number of rotatable bonds is 2. The number of hydrogen-bond donors (Lipinski definition) is 1. The lowest BCUT2D eigenvalue weighted by Gasteiger charge is -2.46. The number of carbonyl (C=O) groups is 1. The van der Waals surface area contributed by atoms with E-state index in [4.69, 9.17) is 17.3 Å². The van der Waals surface area contributed by atoms with E-state index < -0.39 is 0 Å². The molecule has 2 fully saturated rings. The van der Waals surface area contributed by atoms with Gasteiger partial charge in [-0.1, -0.05) is 11.6 Å². The van der Waals surface area contributed by atoms with Crippen molar-refractivity contribution in [3.8, 4) is 0 Å². The quantitative estimate of drug-likeness (QED) is 0.775. The number of nitrogens with zero attached hydrogens (tertiary/aromatic N) is 5. The smallest absolute Gasteiger partial charge is 0.237 e. The van der Waals surface area contributed by atoms with Gasteiger partial charge in [0.2, 0.25) is 5.91 Å². The highest BCUT2D eigenvalue weighted by atomic mass is 79.9. The zero-order valence-electron chi connectivity index (χ0n) is 14.8. The molecule has 2 saturated heterocycles. The standard InChI is InChI=1S/C17H22BrClN6O/c1-9(2)23-7-11-4-3-10(6-24(11)13(26)8-23)17-22-15(18)14-16(20)21-5-12(19)25(14)17/h5,9-11H,3-4,6-8H2,1-2H3,(H2,20,21)/t10-,11+/m1/s1. The van der Waals surface area contributed by atoms with Crippen LogP contribution in [0.15, 0.2) is 10.8 Å². The van der Waals surface area contributed by atoms with Crippen LogP contribution in [0.3, 0.4) is 0 Å². The van der Waals surface area contributed by atoms with Gasteiger partial charge in [0.15, 0.2) is 5.82 Å². The highest BCUT2D eigenvalue weighted by molar-refractivity contribution is 9.10. The Kier molecular flexibility index (Phi) is 4.61. The van der Waals surface area contributed by atoms with Crippen molar-refractivity contribution in [1.82, 2.24) is 24.2 Å². The van der Waals surface area contributed by atoms with E-state index in [1.54, 1.807) is 6.20 Å². The van der Waals surface area contributed by atoms with Gasteiger partial charge in [0.1, 0.15) is 21.1 Å². The number of hydrogen-bond acceptors (Lipinski definition) is 5. The first-order valence-corrected chi connectivity index (χ1v) is 10.0. The van der Waals surface area contributed by atoms with Crippen LogP contribution in [0, 0.1) is 0 Å². The van der Waals surface area contributed by atoms with E-state index in [1.807, 2.05) is 9.30 Å². The van der Waals surface area contributed by atoms with E-state index in [0.717, 1.165) is 25.2 Å². The first-order chi connectivity index (χ1) is 12.4. The lowest BCUT2D eigenvalue weighted by molar-refractivity contribution is -0.143. The number of amides is 1. The maximum absolute atomic E-state index is 12.7. The summed E-state index contributed by atoms with van der Waals surface area (Å²) in [7, 11) is 0. The van der Waals surface area contributed by atoms with Gasteiger partial charge >= 0.3 is 0 Å². The van der Waals surface area contributed by atoms with Crippen molar-refractivity contribution < 1.29 is 4.79 Å². The summed E-state index contributed by atoms with van der Waals surface area (Å²) >= 11 is 9.86. The molecule has 2 atom stereocenters. The van der Waals surface area contributed by atoms with E-state index in [1.165, 1.54) is 0 Å². The van der Waals surface area contributed by atoms with Crippen molar-refractivity contribution in [3.05, 3.63) is 21.8 Å². The third kappa shape index (κ3) is 2.88. The summed E-state index contributed by atoms with van der Waals surface area (Å²) in [6.07, 6.45) is 3.47. The van der Waals surface area contributed by atoms with Crippen LogP contribution in [0.5, 0.6) is 0 Å². The molecule has 2 aliphatic heterocycles. The fourth-order valence-corrected chi connectivity index (χ4v) is 4.87. The van der Waals surface area contributed by atoms with Crippen molar-refractivity contribution in [1.29, 1.82) is 0 Å². The summed E-state index contributed by atoms with van der Waals surface area (Å²) in [5, 5.41) is 0.473. The molecule has 4 heterocycles. The minimum absolute atomic E-state index is 0.124. The van der Waals surface area contributed by atoms with Crippen LogP contribution in [0.25, 0.3) is 5.52 Å². The number of piperazine rings is 1. The normalized spacial score (nSPS) is 24.5. The molecule has 0 bridgehead atoms. The summed E-state index contributed by atoms with van der Waals surface area (Å²) in [5.41, 5.74) is 6.70. The van der Waals surface area contributed by atoms with Crippen LogP contribution in [-0.4, -0.2) is 61.8 Å². The Balaban J connectivity index is 1.65. The van der Waals surface area contributed by atoms with E-state index in [2.05, 4.69) is 44.6 Å². The third-order valence-electron chi connectivity index (χ3n) is 5.53. The van der Waals surface area contributed by atoms with Gasteiger partial charge in [0.05, 0.1) is 12.7 Å². The van der Waals surface area contributed by atoms with E-state index in [-0.39, 0.29) is 17.9 Å². The number of nitrogens with two attached hydrogens (primary N) is 1. The number of aromatic nitrogens is 3. The molecule has 0 aliphatic carbocycles. The molecule has 0 saturated carbocycles. The molecule has 7 nitrogen and oxygen atoms in total. The molecule has 1 amide bonds. The van der Waals surface area contributed by atoms with Gasteiger partial charge in [-0.2, -0.15) is 0 Å². The molecule has 2 aromatic rings. The number of imidazole rings is 1. The monoisotopic (exact) mass is 440 g/mol. The van der Waals surface area contributed by atoms with Gasteiger partial charge in [-0.25, -0.2) is 9.97 Å².